The molecule has 1 atom stereocenters. The first-order chi connectivity index (χ1) is 6.94. The van der Waals surface area contributed by atoms with Crippen LogP contribution in [0, 0.1) is 5.82 Å². The summed E-state index contributed by atoms with van der Waals surface area (Å²) in [7, 11) is 0. The monoisotopic (exact) mass is 235 g/mol. The molecular weight excluding hydrogens is 227 g/mol. The molecule has 0 bridgehead atoms. The highest BCUT2D eigenvalue weighted by Gasteiger charge is 2.71. The average Bonchev–Trinajstić information content (AvgIpc) is 2.74. The maximum absolute atomic E-state index is 13.5. The summed E-state index contributed by atoms with van der Waals surface area (Å²) in [4.78, 5) is 0. The Hall–Kier alpha value is -0.740. The van der Waals surface area contributed by atoms with Gasteiger partial charge in [-0.05, 0) is 6.07 Å². The van der Waals surface area contributed by atoms with Crippen LogP contribution in [0.3, 0.4) is 0 Å². The Kier molecular flexibility index (Phi) is 2.24. The van der Waals surface area contributed by atoms with Crippen molar-refractivity contribution in [3.05, 3.63) is 34.6 Å². The van der Waals surface area contributed by atoms with Crippen LogP contribution in [0.5, 0.6) is 0 Å². The van der Waals surface area contributed by atoms with Crippen LogP contribution >= 0.6 is 11.6 Å². The highest BCUT2D eigenvalue weighted by Crippen LogP contribution is 2.61. The fourth-order valence-corrected chi connectivity index (χ4v) is 2.01. The van der Waals surface area contributed by atoms with Crippen LogP contribution in [0.2, 0.25) is 5.02 Å². The number of rotatable bonds is 2. The van der Waals surface area contributed by atoms with Crippen LogP contribution in [0.1, 0.15) is 12.0 Å². The predicted octanol–water partition coefficient (Wildman–Crippen LogP) is 2.71. The minimum Gasteiger partial charge on any atom is -0.329 e. The molecule has 5 heteroatoms. The van der Waals surface area contributed by atoms with Gasteiger partial charge in [-0.3, -0.25) is 0 Å². The summed E-state index contributed by atoms with van der Waals surface area (Å²) < 4.78 is 39.9. The fourth-order valence-electron chi connectivity index (χ4n) is 1.83. The molecular formula is C10H9ClF3N. The van der Waals surface area contributed by atoms with Gasteiger partial charge in [0.25, 0.3) is 5.92 Å². The summed E-state index contributed by atoms with van der Waals surface area (Å²) in [5.41, 5.74) is 3.67. The quantitative estimate of drug-likeness (QED) is 0.838. The zero-order valence-corrected chi connectivity index (χ0v) is 8.49. The van der Waals surface area contributed by atoms with Gasteiger partial charge in [0.1, 0.15) is 5.82 Å². The van der Waals surface area contributed by atoms with E-state index in [-0.39, 0.29) is 17.1 Å². The van der Waals surface area contributed by atoms with Crippen molar-refractivity contribution in [1.29, 1.82) is 0 Å². The smallest absolute Gasteiger partial charge is 0.260 e. The Balaban J connectivity index is 2.51. The van der Waals surface area contributed by atoms with Crippen molar-refractivity contribution in [2.24, 2.45) is 5.73 Å². The maximum atomic E-state index is 13.5. The first-order valence-electron chi connectivity index (χ1n) is 4.47. The Bertz CT molecular complexity index is 408. The lowest BCUT2D eigenvalue weighted by atomic mass is 9.95. The number of halogens is 4. The Morgan fingerprint density at radius 3 is 2.47 bits per heavy atom. The molecule has 0 aromatic heterocycles. The van der Waals surface area contributed by atoms with Crippen LogP contribution in [-0.2, 0) is 5.41 Å². The van der Waals surface area contributed by atoms with Crippen LogP contribution in [0.25, 0.3) is 0 Å². The second-order valence-electron chi connectivity index (χ2n) is 3.77. The standard InChI is InChI=1S/C10H9ClF3N/c11-7-3-1-2-6(8(7)12)9(5-15)4-10(9,13)14/h1-3H,4-5,15H2. The molecule has 0 heterocycles. The molecule has 15 heavy (non-hydrogen) atoms. The van der Waals surface area contributed by atoms with Gasteiger partial charge in [-0.2, -0.15) is 0 Å². The largest absolute Gasteiger partial charge is 0.329 e. The molecule has 1 aromatic carbocycles. The van der Waals surface area contributed by atoms with Gasteiger partial charge in [0.2, 0.25) is 0 Å². The second-order valence-corrected chi connectivity index (χ2v) is 4.18. The third-order valence-corrected chi connectivity index (χ3v) is 3.21. The number of hydrogen-bond acceptors (Lipinski definition) is 1. The van der Waals surface area contributed by atoms with Crippen molar-refractivity contribution >= 4 is 11.6 Å². The molecule has 2 rings (SSSR count). The van der Waals surface area contributed by atoms with E-state index in [2.05, 4.69) is 0 Å². The van der Waals surface area contributed by atoms with Crippen molar-refractivity contribution in [3.63, 3.8) is 0 Å². The van der Waals surface area contributed by atoms with Crippen molar-refractivity contribution in [1.82, 2.24) is 0 Å². The summed E-state index contributed by atoms with van der Waals surface area (Å²) in [5.74, 6) is -3.71. The van der Waals surface area contributed by atoms with Crippen LogP contribution in [0.15, 0.2) is 18.2 Å². The summed E-state index contributed by atoms with van der Waals surface area (Å²) in [6.45, 7) is -0.280. The van der Waals surface area contributed by atoms with E-state index in [0.29, 0.717) is 0 Å². The Morgan fingerprint density at radius 2 is 2.00 bits per heavy atom. The summed E-state index contributed by atoms with van der Waals surface area (Å²) in [6.07, 6.45) is -0.409. The molecule has 1 aliphatic carbocycles. The van der Waals surface area contributed by atoms with Crippen LogP contribution in [0.4, 0.5) is 13.2 Å². The molecule has 1 fully saturated rings. The van der Waals surface area contributed by atoms with Crippen molar-refractivity contribution in [2.45, 2.75) is 17.8 Å². The Morgan fingerprint density at radius 1 is 1.40 bits per heavy atom. The van der Waals surface area contributed by atoms with Gasteiger partial charge in [-0.25, -0.2) is 13.2 Å². The van der Waals surface area contributed by atoms with Gasteiger partial charge in [0, 0.05) is 18.5 Å². The molecule has 0 radical (unpaired) electrons. The van der Waals surface area contributed by atoms with Crippen molar-refractivity contribution < 1.29 is 13.2 Å². The van der Waals surface area contributed by atoms with Gasteiger partial charge in [-0.1, -0.05) is 23.7 Å². The normalized spacial score (nSPS) is 27.8. The minimum absolute atomic E-state index is 0.0810. The first kappa shape index (κ1) is 10.8. The van der Waals surface area contributed by atoms with Gasteiger partial charge in [0.05, 0.1) is 10.4 Å². The van der Waals surface area contributed by atoms with Crippen molar-refractivity contribution in [2.75, 3.05) is 6.54 Å². The van der Waals surface area contributed by atoms with Gasteiger partial charge in [0.15, 0.2) is 0 Å². The first-order valence-corrected chi connectivity index (χ1v) is 4.85. The summed E-state index contributed by atoms with van der Waals surface area (Å²) in [6, 6.07) is 4.09. The molecule has 0 amide bonds. The zero-order valence-electron chi connectivity index (χ0n) is 7.74. The van der Waals surface area contributed by atoms with Gasteiger partial charge >= 0.3 is 0 Å². The molecule has 1 unspecified atom stereocenters. The van der Waals surface area contributed by atoms with Crippen LogP contribution < -0.4 is 5.73 Å². The molecule has 0 aliphatic heterocycles. The lowest BCUT2D eigenvalue weighted by Gasteiger charge is -2.15. The van der Waals surface area contributed by atoms with Crippen LogP contribution in [-0.4, -0.2) is 12.5 Å². The Labute approximate surface area is 90.0 Å². The molecule has 2 N–H and O–H groups in total. The number of alkyl halides is 2. The van der Waals surface area contributed by atoms with E-state index in [1.807, 2.05) is 0 Å². The topological polar surface area (TPSA) is 26.0 Å². The highest BCUT2D eigenvalue weighted by molar-refractivity contribution is 6.30. The summed E-state index contributed by atoms with van der Waals surface area (Å²) in [5, 5.41) is -0.150. The zero-order chi connectivity index (χ0) is 11.3. The van der Waals surface area contributed by atoms with E-state index in [4.69, 9.17) is 17.3 Å². The molecule has 82 valence electrons. The number of benzene rings is 1. The molecule has 1 aromatic rings. The number of hydrogen-bond donors (Lipinski definition) is 1. The van der Waals surface area contributed by atoms with E-state index in [1.165, 1.54) is 18.2 Å². The van der Waals surface area contributed by atoms with E-state index in [0.717, 1.165) is 0 Å². The number of nitrogens with two attached hydrogens (primary N) is 1. The van der Waals surface area contributed by atoms with Crippen molar-refractivity contribution in [3.8, 4) is 0 Å². The van der Waals surface area contributed by atoms with Gasteiger partial charge < -0.3 is 5.73 Å². The SMILES string of the molecule is NCC1(c2cccc(Cl)c2F)CC1(F)F. The van der Waals surface area contributed by atoms with E-state index >= 15 is 0 Å². The van der Waals surface area contributed by atoms with E-state index in [1.54, 1.807) is 0 Å². The average molecular weight is 236 g/mol. The second kappa shape index (κ2) is 3.12. The van der Waals surface area contributed by atoms with E-state index in [9.17, 15) is 13.2 Å². The maximum Gasteiger partial charge on any atom is 0.260 e. The molecule has 0 spiro atoms. The minimum atomic E-state index is -2.92. The molecule has 1 nitrogen and oxygen atoms in total. The molecule has 0 saturated heterocycles. The van der Waals surface area contributed by atoms with Gasteiger partial charge in [-0.15, -0.1) is 0 Å². The fraction of sp³-hybridized carbons (Fsp3) is 0.400. The van der Waals surface area contributed by atoms with E-state index < -0.39 is 23.6 Å². The molecule has 1 saturated carbocycles. The predicted molar refractivity (Wildman–Crippen MR) is 51.7 cm³/mol. The molecule has 1 aliphatic rings. The third-order valence-electron chi connectivity index (χ3n) is 2.91. The third kappa shape index (κ3) is 1.35. The highest BCUT2D eigenvalue weighted by atomic mass is 35.5. The lowest BCUT2D eigenvalue weighted by molar-refractivity contribution is 0.0887. The summed E-state index contributed by atoms with van der Waals surface area (Å²) >= 11 is 5.54. The lowest BCUT2D eigenvalue weighted by Crippen LogP contribution is -2.27.